The molecule has 2 rings (SSSR count). The van der Waals surface area contributed by atoms with Crippen molar-refractivity contribution < 1.29 is 24.0 Å². The fourth-order valence-corrected chi connectivity index (χ4v) is 1.78. The van der Waals surface area contributed by atoms with Gasteiger partial charge in [0.15, 0.2) is 6.61 Å². The molecule has 0 radical (unpaired) electrons. The standard InChI is InChI=1S/C13H11ClN2O5/c1-7-5-11(16-21-7)20-6-10(17)15-12-8(13(18)19)3-2-4-9(12)14/h2-5H,6H2,1H3,(H,15,17)(H,18,19). The Morgan fingerprint density at radius 2 is 2.24 bits per heavy atom. The van der Waals surface area contributed by atoms with Crippen LogP contribution in [-0.2, 0) is 4.79 Å². The quantitative estimate of drug-likeness (QED) is 0.879. The Kier molecular flexibility index (Phi) is 4.44. The van der Waals surface area contributed by atoms with Gasteiger partial charge < -0.3 is 19.7 Å². The highest BCUT2D eigenvalue weighted by atomic mass is 35.5. The number of nitrogens with one attached hydrogen (secondary N) is 1. The van der Waals surface area contributed by atoms with Crippen LogP contribution in [0.1, 0.15) is 16.1 Å². The summed E-state index contributed by atoms with van der Waals surface area (Å²) >= 11 is 5.89. The van der Waals surface area contributed by atoms with Crippen molar-refractivity contribution in [2.75, 3.05) is 11.9 Å². The first-order valence-electron chi connectivity index (χ1n) is 5.85. The molecule has 1 aromatic heterocycles. The molecule has 7 nitrogen and oxygen atoms in total. The predicted molar refractivity (Wildman–Crippen MR) is 73.8 cm³/mol. The van der Waals surface area contributed by atoms with E-state index in [4.69, 9.17) is 26.0 Å². The maximum Gasteiger partial charge on any atom is 0.337 e. The second-order valence-electron chi connectivity index (χ2n) is 4.08. The minimum absolute atomic E-state index is 0.0246. The van der Waals surface area contributed by atoms with Crippen molar-refractivity contribution >= 4 is 29.2 Å². The molecule has 2 aromatic rings. The monoisotopic (exact) mass is 310 g/mol. The van der Waals surface area contributed by atoms with Crippen LogP contribution in [0, 0.1) is 6.92 Å². The number of aromatic nitrogens is 1. The number of carbonyl (C=O) groups excluding carboxylic acids is 1. The third kappa shape index (κ3) is 3.73. The van der Waals surface area contributed by atoms with Crippen LogP contribution in [0.2, 0.25) is 5.02 Å². The van der Waals surface area contributed by atoms with Crippen molar-refractivity contribution in [3.8, 4) is 5.88 Å². The van der Waals surface area contributed by atoms with E-state index in [9.17, 15) is 9.59 Å². The second-order valence-corrected chi connectivity index (χ2v) is 4.49. The molecule has 0 saturated heterocycles. The molecule has 0 unspecified atom stereocenters. The molecule has 2 N–H and O–H groups in total. The van der Waals surface area contributed by atoms with Gasteiger partial charge in [0.1, 0.15) is 5.76 Å². The summed E-state index contributed by atoms with van der Waals surface area (Å²) < 4.78 is 9.87. The Labute approximate surface area is 124 Å². The SMILES string of the molecule is Cc1cc(OCC(=O)Nc2c(Cl)cccc2C(=O)O)no1. The Balaban J connectivity index is 2.04. The summed E-state index contributed by atoms with van der Waals surface area (Å²) in [5, 5.41) is 15.1. The minimum atomic E-state index is -1.19. The summed E-state index contributed by atoms with van der Waals surface area (Å²) in [4.78, 5) is 22.8. The van der Waals surface area contributed by atoms with Crippen LogP contribution in [0.25, 0.3) is 0 Å². The molecular weight excluding hydrogens is 300 g/mol. The van der Waals surface area contributed by atoms with E-state index in [1.165, 1.54) is 24.3 Å². The molecule has 21 heavy (non-hydrogen) atoms. The summed E-state index contributed by atoms with van der Waals surface area (Å²) in [6.07, 6.45) is 0. The van der Waals surface area contributed by atoms with Crippen molar-refractivity contribution in [2.45, 2.75) is 6.92 Å². The average molecular weight is 311 g/mol. The lowest BCUT2D eigenvalue weighted by atomic mass is 10.2. The highest BCUT2D eigenvalue weighted by Gasteiger charge is 2.16. The zero-order chi connectivity index (χ0) is 15.4. The number of carbonyl (C=O) groups is 2. The van der Waals surface area contributed by atoms with Gasteiger partial charge >= 0.3 is 5.97 Å². The molecule has 0 fully saturated rings. The fraction of sp³-hybridized carbons (Fsp3) is 0.154. The Hall–Kier alpha value is -2.54. The van der Waals surface area contributed by atoms with Crippen molar-refractivity contribution in [1.82, 2.24) is 5.16 Å². The minimum Gasteiger partial charge on any atom is -0.478 e. The van der Waals surface area contributed by atoms with Crippen molar-refractivity contribution in [3.63, 3.8) is 0 Å². The molecule has 0 aliphatic rings. The van der Waals surface area contributed by atoms with Gasteiger partial charge in [0, 0.05) is 6.07 Å². The summed E-state index contributed by atoms with van der Waals surface area (Å²) in [5.41, 5.74) is -0.0790. The summed E-state index contributed by atoms with van der Waals surface area (Å²) in [7, 11) is 0. The van der Waals surface area contributed by atoms with E-state index in [2.05, 4.69) is 10.5 Å². The molecule has 0 aliphatic carbocycles. The Morgan fingerprint density at radius 1 is 1.48 bits per heavy atom. The molecule has 110 valence electrons. The van der Waals surface area contributed by atoms with E-state index < -0.39 is 11.9 Å². The smallest absolute Gasteiger partial charge is 0.337 e. The van der Waals surface area contributed by atoms with E-state index >= 15 is 0 Å². The number of anilines is 1. The van der Waals surface area contributed by atoms with Gasteiger partial charge in [-0.15, -0.1) is 0 Å². The lowest BCUT2D eigenvalue weighted by Gasteiger charge is -2.10. The highest BCUT2D eigenvalue weighted by Crippen LogP contribution is 2.26. The van der Waals surface area contributed by atoms with E-state index in [-0.39, 0.29) is 28.8 Å². The third-order valence-corrected chi connectivity index (χ3v) is 2.78. The molecular formula is C13H11ClN2O5. The van der Waals surface area contributed by atoms with Crippen molar-refractivity contribution in [3.05, 3.63) is 40.6 Å². The van der Waals surface area contributed by atoms with Crippen LogP contribution >= 0.6 is 11.6 Å². The van der Waals surface area contributed by atoms with Gasteiger partial charge in [0.2, 0.25) is 0 Å². The summed E-state index contributed by atoms with van der Waals surface area (Å²) in [5.74, 6) is -1.04. The van der Waals surface area contributed by atoms with Gasteiger partial charge in [-0.2, -0.15) is 0 Å². The summed E-state index contributed by atoms with van der Waals surface area (Å²) in [6.45, 7) is 1.33. The predicted octanol–water partition coefficient (Wildman–Crippen LogP) is 2.35. The van der Waals surface area contributed by atoms with Gasteiger partial charge in [-0.05, 0) is 24.2 Å². The number of benzene rings is 1. The fourth-order valence-electron chi connectivity index (χ4n) is 1.56. The lowest BCUT2D eigenvalue weighted by molar-refractivity contribution is -0.118. The average Bonchev–Trinajstić information content (AvgIpc) is 2.84. The number of para-hydroxylation sites is 1. The zero-order valence-corrected chi connectivity index (χ0v) is 11.7. The van der Waals surface area contributed by atoms with Gasteiger partial charge in [-0.25, -0.2) is 4.79 Å². The number of ether oxygens (including phenoxy) is 1. The number of hydrogen-bond donors (Lipinski definition) is 2. The van der Waals surface area contributed by atoms with Crippen molar-refractivity contribution in [1.29, 1.82) is 0 Å². The first-order valence-corrected chi connectivity index (χ1v) is 6.23. The normalized spacial score (nSPS) is 10.2. The van der Waals surface area contributed by atoms with Crippen LogP contribution in [0.4, 0.5) is 5.69 Å². The van der Waals surface area contributed by atoms with Gasteiger partial charge in [0.25, 0.3) is 11.8 Å². The number of aryl methyl sites for hydroxylation is 1. The molecule has 1 amide bonds. The molecule has 0 atom stereocenters. The largest absolute Gasteiger partial charge is 0.478 e. The van der Waals surface area contributed by atoms with Crippen molar-refractivity contribution in [2.24, 2.45) is 0 Å². The van der Waals surface area contributed by atoms with E-state index in [0.29, 0.717) is 5.76 Å². The Morgan fingerprint density at radius 3 is 2.86 bits per heavy atom. The molecule has 1 aromatic carbocycles. The molecule has 0 saturated carbocycles. The number of amides is 1. The maximum atomic E-state index is 11.8. The molecule has 1 heterocycles. The van der Waals surface area contributed by atoms with Crippen LogP contribution < -0.4 is 10.1 Å². The summed E-state index contributed by atoms with van der Waals surface area (Å²) in [6, 6.07) is 5.82. The number of halogens is 1. The number of aromatic carboxylic acids is 1. The van der Waals surface area contributed by atoms with Crippen LogP contribution in [0.3, 0.4) is 0 Å². The highest BCUT2D eigenvalue weighted by molar-refractivity contribution is 6.34. The number of carboxylic acids is 1. The number of carboxylic acid groups (broad SMARTS) is 1. The zero-order valence-electron chi connectivity index (χ0n) is 10.9. The van der Waals surface area contributed by atoms with Gasteiger partial charge in [-0.1, -0.05) is 17.7 Å². The van der Waals surface area contributed by atoms with E-state index in [1.54, 1.807) is 6.92 Å². The first kappa shape index (κ1) is 14.9. The Bertz CT molecular complexity index is 683. The first-order chi connectivity index (χ1) is 9.97. The van der Waals surface area contributed by atoms with Gasteiger partial charge in [0.05, 0.1) is 16.3 Å². The van der Waals surface area contributed by atoms with Gasteiger partial charge in [-0.3, -0.25) is 4.79 Å². The van der Waals surface area contributed by atoms with Crippen LogP contribution in [-0.4, -0.2) is 28.7 Å². The van der Waals surface area contributed by atoms with Crippen LogP contribution in [0.5, 0.6) is 5.88 Å². The lowest BCUT2D eigenvalue weighted by Crippen LogP contribution is -2.22. The molecule has 8 heteroatoms. The maximum absolute atomic E-state index is 11.8. The number of nitrogens with zero attached hydrogens (tertiary/aromatic N) is 1. The van der Waals surface area contributed by atoms with E-state index in [0.717, 1.165) is 0 Å². The molecule has 0 bridgehead atoms. The molecule has 0 spiro atoms. The number of rotatable bonds is 5. The molecule has 0 aliphatic heterocycles. The van der Waals surface area contributed by atoms with E-state index in [1.807, 2.05) is 0 Å². The number of hydrogen-bond acceptors (Lipinski definition) is 5. The second kappa shape index (κ2) is 6.27. The van der Waals surface area contributed by atoms with Crippen LogP contribution in [0.15, 0.2) is 28.8 Å². The third-order valence-electron chi connectivity index (χ3n) is 2.47. The topological polar surface area (TPSA) is 102 Å².